The average molecular weight is 490 g/mol. The van der Waals surface area contributed by atoms with Crippen LogP contribution in [-0.4, -0.2) is 41.6 Å². The largest absolute Gasteiger partial charge is 0.450 e. The highest BCUT2D eigenvalue weighted by Gasteiger charge is 2.46. The van der Waals surface area contributed by atoms with Crippen molar-refractivity contribution in [3.8, 4) is 0 Å². The number of halogens is 3. The van der Waals surface area contributed by atoms with Gasteiger partial charge in [0.05, 0.1) is 6.61 Å². The third-order valence-corrected chi connectivity index (χ3v) is 7.09. The topological polar surface area (TPSA) is 84.7 Å². The number of benzene rings is 2. The van der Waals surface area contributed by atoms with Crippen molar-refractivity contribution in [1.29, 1.82) is 0 Å². The Labute approximate surface area is 202 Å². The van der Waals surface area contributed by atoms with Crippen LogP contribution in [0.2, 0.25) is 0 Å². The SMILES string of the molecule is CCOC(=O)N[C@@H](C(=O)N1[C@@H]2CC[C@H]1C[C@H]([C@H](N)Cc1cc(F)c(F)cc1F)C2)c1ccccc1. The minimum Gasteiger partial charge on any atom is -0.450 e. The van der Waals surface area contributed by atoms with E-state index < -0.39 is 35.6 Å². The maximum Gasteiger partial charge on any atom is 0.408 e. The van der Waals surface area contributed by atoms with Crippen LogP contribution in [0.25, 0.3) is 0 Å². The first-order chi connectivity index (χ1) is 16.8. The van der Waals surface area contributed by atoms with Crippen LogP contribution in [0, 0.1) is 23.4 Å². The normalized spacial score (nSPS) is 23.0. The molecule has 0 unspecified atom stereocenters. The number of nitrogens with zero attached hydrogens (tertiary/aromatic N) is 1. The summed E-state index contributed by atoms with van der Waals surface area (Å²) in [6, 6.07) is 8.96. The van der Waals surface area contributed by atoms with Gasteiger partial charge in [0.1, 0.15) is 11.9 Å². The molecule has 2 saturated heterocycles. The van der Waals surface area contributed by atoms with E-state index in [4.69, 9.17) is 10.5 Å². The van der Waals surface area contributed by atoms with Crippen LogP contribution < -0.4 is 11.1 Å². The Hall–Kier alpha value is -3.07. The first-order valence-electron chi connectivity index (χ1n) is 12.0. The van der Waals surface area contributed by atoms with Gasteiger partial charge < -0.3 is 20.7 Å². The Kier molecular flexibility index (Phi) is 7.64. The van der Waals surface area contributed by atoms with E-state index in [2.05, 4.69) is 5.32 Å². The van der Waals surface area contributed by atoms with Gasteiger partial charge in [0, 0.05) is 24.2 Å². The zero-order valence-corrected chi connectivity index (χ0v) is 19.6. The predicted molar refractivity (Wildman–Crippen MR) is 124 cm³/mol. The molecule has 2 bridgehead atoms. The van der Waals surface area contributed by atoms with Crippen LogP contribution in [0.5, 0.6) is 0 Å². The monoisotopic (exact) mass is 489 g/mol. The van der Waals surface area contributed by atoms with Crippen LogP contribution in [0.1, 0.15) is 49.8 Å². The highest BCUT2D eigenvalue weighted by atomic mass is 19.2. The molecule has 188 valence electrons. The van der Waals surface area contributed by atoms with E-state index >= 15 is 0 Å². The molecule has 35 heavy (non-hydrogen) atoms. The molecule has 6 nitrogen and oxygen atoms in total. The lowest BCUT2D eigenvalue weighted by atomic mass is 9.82. The number of alkyl carbamates (subject to hydrolysis) is 1. The molecule has 3 N–H and O–H groups in total. The summed E-state index contributed by atoms with van der Waals surface area (Å²) in [4.78, 5) is 27.7. The van der Waals surface area contributed by atoms with Crippen molar-refractivity contribution in [2.75, 3.05) is 6.61 Å². The number of ether oxygens (including phenoxy) is 1. The second kappa shape index (κ2) is 10.7. The van der Waals surface area contributed by atoms with Crippen molar-refractivity contribution in [2.24, 2.45) is 11.7 Å². The van der Waals surface area contributed by atoms with Crippen molar-refractivity contribution < 1.29 is 27.5 Å². The van der Waals surface area contributed by atoms with E-state index in [9.17, 15) is 22.8 Å². The number of hydrogen-bond acceptors (Lipinski definition) is 4. The summed E-state index contributed by atoms with van der Waals surface area (Å²) in [6.45, 7) is 1.88. The molecule has 0 aromatic heterocycles. The maximum atomic E-state index is 14.1. The molecule has 5 atom stereocenters. The average Bonchev–Trinajstić information content (AvgIpc) is 3.10. The standard InChI is InChI=1S/C26H30F3N3O3/c1-2-35-26(34)31-24(15-6-4-3-5-7-15)25(33)32-18-8-9-19(32)11-17(10-18)23(30)13-16-12-21(28)22(29)14-20(16)27/h3-7,12,14,17-19,23-24H,2,8-11,13,30H2,1H3,(H,31,34)/t17-,18-,19+,23-,24-/m1/s1. The Morgan fingerprint density at radius 2 is 1.69 bits per heavy atom. The third kappa shape index (κ3) is 5.45. The van der Waals surface area contributed by atoms with Crippen LogP contribution >= 0.6 is 0 Å². The molecule has 2 amide bonds. The molecular formula is C26H30F3N3O3. The molecule has 2 aliphatic heterocycles. The van der Waals surface area contributed by atoms with Gasteiger partial charge >= 0.3 is 6.09 Å². The van der Waals surface area contributed by atoms with Crippen LogP contribution in [0.4, 0.5) is 18.0 Å². The van der Waals surface area contributed by atoms with Crippen molar-refractivity contribution in [3.05, 3.63) is 71.0 Å². The number of amides is 2. The molecule has 0 spiro atoms. The summed E-state index contributed by atoms with van der Waals surface area (Å²) in [5.41, 5.74) is 7.11. The van der Waals surface area contributed by atoms with E-state index in [0.29, 0.717) is 24.5 Å². The number of rotatable bonds is 7. The third-order valence-electron chi connectivity index (χ3n) is 7.09. The molecule has 2 aliphatic rings. The minimum absolute atomic E-state index is 0.00254. The molecule has 2 fully saturated rings. The fourth-order valence-electron chi connectivity index (χ4n) is 5.44. The lowest BCUT2D eigenvalue weighted by Gasteiger charge is -2.42. The van der Waals surface area contributed by atoms with E-state index in [1.54, 1.807) is 31.2 Å². The predicted octanol–water partition coefficient (Wildman–Crippen LogP) is 4.23. The number of carbonyl (C=O) groups is 2. The van der Waals surface area contributed by atoms with Crippen LogP contribution in [-0.2, 0) is 16.0 Å². The Bertz CT molecular complexity index is 1050. The van der Waals surface area contributed by atoms with Crippen molar-refractivity contribution >= 4 is 12.0 Å². The van der Waals surface area contributed by atoms with Gasteiger partial charge in [-0.1, -0.05) is 30.3 Å². The zero-order valence-electron chi connectivity index (χ0n) is 19.6. The summed E-state index contributed by atoms with van der Waals surface area (Å²) in [7, 11) is 0. The second-order valence-corrected chi connectivity index (χ2v) is 9.30. The molecule has 0 aliphatic carbocycles. The number of nitrogens with one attached hydrogen (secondary N) is 1. The zero-order chi connectivity index (χ0) is 25.1. The molecule has 9 heteroatoms. The molecular weight excluding hydrogens is 459 g/mol. The highest BCUT2D eigenvalue weighted by Crippen LogP contribution is 2.41. The van der Waals surface area contributed by atoms with E-state index in [1.807, 2.05) is 11.0 Å². The van der Waals surface area contributed by atoms with Gasteiger partial charge in [-0.15, -0.1) is 0 Å². The number of fused-ring (bicyclic) bond motifs is 2. The minimum atomic E-state index is -1.23. The lowest BCUT2D eigenvalue weighted by molar-refractivity contribution is -0.139. The molecule has 2 aromatic carbocycles. The van der Waals surface area contributed by atoms with Gasteiger partial charge in [0.25, 0.3) is 0 Å². The molecule has 0 radical (unpaired) electrons. The van der Waals surface area contributed by atoms with E-state index in [-0.39, 0.29) is 42.5 Å². The lowest BCUT2D eigenvalue weighted by Crippen LogP contribution is -2.53. The maximum absolute atomic E-state index is 14.1. The highest BCUT2D eigenvalue weighted by molar-refractivity contribution is 5.87. The second-order valence-electron chi connectivity index (χ2n) is 9.30. The van der Waals surface area contributed by atoms with Crippen molar-refractivity contribution in [1.82, 2.24) is 10.2 Å². The number of piperidine rings is 1. The fraction of sp³-hybridized carbons (Fsp3) is 0.462. The molecule has 2 heterocycles. The summed E-state index contributed by atoms with van der Waals surface area (Å²) in [5, 5.41) is 2.70. The Balaban J connectivity index is 1.48. The van der Waals surface area contributed by atoms with E-state index in [1.165, 1.54) is 0 Å². The number of hydrogen-bond donors (Lipinski definition) is 2. The quantitative estimate of drug-likeness (QED) is 0.570. The number of carbonyl (C=O) groups excluding carboxylic acids is 2. The summed E-state index contributed by atoms with van der Waals surface area (Å²) in [5.74, 6) is -3.34. The summed E-state index contributed by atoms with van der Waals surface area (Å²) < 4.78 is 46.0. The Morgan fingerprint density at radius 3 is 2.31 bits per heavy atom. The molecule has 2 aromatic rings. The van der Waals surface area contributed by atoms with Gasteiger partial charge in [-0.2, -0.15) is 0 Å². The smallest absolute Gasteiger partial charge is 0.408 e. The van der Waals surface area contributed by atoms with Gasteiger partial charge in [0.2, 0.25) is 5.91 Å². The first-order valence-corrected chi connectivity index (χ1v) is 12.0. The van der Waals surface area contributed by atoms with Gasteiger partial charge in [-0.25, -0.2) is 18.0 Å². The molecule has 0 saturated carbocycles. The molecule has 4 rings (SSSR count). The van der Waals surface area contributed by atoms with Gasteiger partial charge in [0.15, 0.2) is 11.6 Å². The van der Waals surface area contributed by atoms with E-state index in [0.717, 1.165) is 18.9 Å². The van der Waals surface area contributed by atoms with Crippen molar-refractivity contribution in [3.63, 3.8) is 0 Å². The first kappa shape index (κ1) is 25.0. The fourth-order valence-corrected chi connectivity index (χ4v) is 5.44. The summed E-state index contributed by atoms with van der Waals surface area (Å²) in [6.07, 6.45) is 2.27. The van der Waals surface area contributed by atoms with Crippen LogP contribution in [0.15, 0.2) is 42.5 Å². The Morgan fingerprint density at radius 1 is 1.06 bits per heavy atom. The van der Waals surface area contributed by atoms with Crippen molar-refractivity contribution in [2.45, 2.75) is 63.2 Å². The van der Waals surface area contributed by atoms with Crippen LogP contribution in [0.3, 0.4) is 0 Å². The summed E-state index contributed by atoms with van der Waals surface area (Å²) >= 11 is 0. The van der Waals surface area contributed by atoms with Gasteiger partial charge in [-0.05, 0) is 62.1 Å². The van der Waals surface area contributed by atoms with Gasteiger partial charge in [-0.3, -0.25) is 4.79 Å². The number of nitrogens with two attached hydrogens (primary N) is 1.